The molecule has 0 fully saturated rings. The summed E-state index contributed by atoms with van der Waals surface area (Å²) in [5.74, 6) is 0.479. The van der Waals surface area contributed by atoms with Crippen LogP contribution in [0.25, 0.3) is 0 Å². The van der Waals surface area contributed by atoms with E-state index in [1.165, 1.54) is 6.92 Å². The van der Waals surface area contributed by atoms with Crippen LogP contribution in [0.3, 0.4) is 0 Å². The van der Waals surface area contributed by atoms with Crippen molar-refractivity contribution in [1.29, 1.82) is 0 Å². The maximum atomic E-state index is 12.7. The highest BCUT2D eigenvalue weighted by atomic mass is 32.2. The lowest BCUT2D eigenvalue weighted by Crippen LogP contribution is -2.39. The van der Waals surface area contributed by atoms with Crippen LogP contribution in [0.1, 0.15) is 29.8 Å². The van der Waals surface area contributed by atoms with Crippen LogP contribution in [0.5, 0.6) is 5.75 Å². The van der Waals surface area contributed by atoms with Crippen molar-refractivity contribution >= 4 is 28.2 Å². The third-order valence-corrected chi connectivity index (χ3v) is 5.79. The van der Waals surface area contributed by atoms with E-state index in [1.807, 2.05) is 31.2 Å². The standard InChI is InChI=1S/C21H23NO4S/c1-15-13-17-7-3-5-9-19(17)22(15)21(24)14-27(25)12-11-26-20-10-6-4-8-18(20)16(2)23/h3-10,15H,11-14H2,1-2H3/t15-,27+/m1/s1. The molecule has 0 saturated heterocycles. The van der Waals surface area contributed by atoms with Crippen LogP contribution in [0.4, 0.5) is 5.69 Å². The van der Waals surface area contributed by atoms with Gasteiger partial charge < -0.3 is 9.64 Å². The Hall–Kier alpha value is -2.47. The Labute approximate surface area is 161 Å². The molecule has 2 aromatic rings. The predicted octanol–water partition coefficient (Wildman–Crippen LogP) is 2.99. The van der Waals surface area contributed by atoms with Crippen molar-refractivity contribution in [3.05, 3.63) is 59.7 Å². The molecule has 1 amide bonds. The molecule has 5 nitrogen and oxygen atoms in total. The highest BCUT2D eigenvalue weighted by Gasteiger charge is 2.31. The van der Waals surface area contributed by atoms with Crippen LogP contribution in [0.15, 0.2) is 48.5 Å². The first-order chi connectivity index (χ1) is 13.0. The second-order valence-electron chi connectivity index (χ2n) is 6.63. The Balaban J connectivity index is 1.54. The Morgan fingerprint density at radius 2 is 1.85 bits per heavy atom. The van der Waals surface area contributed by atoms with Crippen LogP contribution in [0, 0.1) is 0 Å². The zero-order valence-electron chi connectivity index (χ0n) is 15.5. The number of carbonyl (C=O) groups excluding carboxylic acids is 2. The second-order valence-corrected chi connectivity index (χ2v) is 8.21. The summed E-state index contributed by atoms with van der Waals surface area (Å²) in [7, 11) is -1.33. The summed E-state index contributed by atoms with van der Waals surface area (Å²) in [5, 5.41) is 0. The second kappa shape index (κ2) is 8.48. The maximum Gasteiger partial charge on any atom is 0.239 e. The lowest BCUT2D eigenvalue weighted by Gasteiger charge is -2.22. The summed E-state index contributed by atoms with van der Waals surface area (Å²) in [4.78, 5) is 26.0. The third kappa shape index (κ3) is 4.45. The summed E-state index contributed by atoms with van der Waals surface area (Å²) < 4.78 is 18.0. The molecule has 1 aliphatic heterocycles. The van der Waals surface area contributed by atoms with Gasteiger partial charge in [-0.25, -0.2) is 0 Å². The lowest BCUT2D eigenvalue weighted by atomic mass is 10.1. The molecular formula is C21H23NO4S. The molecule has 1 aliphatic rings. The fourth-order valence-electron chi connectivity index (χ4n) is 3.35. The fraction of sp³-hybridized carbons (Fsp3) is 0.333. The van der Waals surface area contributed by atoms with Crippen LogP contribution in [0.2, 0.25) is 0 Å². The van der Waals surface area contributed by atoms with E-state index >= 15 is 0 Å². The van der Waals surface area contributed by atoms with Gasteiger partial charge in [-0.05, 0) is 44.0 Å². The number of hydrogen-bond acceptors (Lipinski definition) is 4. The van der Waals surface area contributed by atoms with Gasteiger partial charge in [-0.1, -0.05) is 30.3 Å². The molecule has 2 aromatic carbocycles. The first kappa shape index (κ1) is 19.3. The number of fused-ring (bicyclic) bond motifs is 1. The van der Waals surface area contributed by atoms with Gasteiger partial charge in [0.25, 0.3) is 0 Å². The van der Waals surface area contributed by atoms with E-state index in [4.69, 9.17) is 4.74 Å². The summed E-state index contributed by atoms with van der Waals surface area (Å²) >= 11 is 0. The zero-order chi connectivity index (χ0) is 19.4. The van der Waals surface area contributed by atoms with Crippen molar-refractivity contribution in [2.24, 2.45) is 0 Å². The number of nitrogens with zero attached hydrogens (tertiary/aromatic N) is 1. The van der Waals surface area contributed by atoms with E-state index in [-0.39, 0.29) is 35.8 Å². The third-order valence-electron chi connectivity index (χ3n) is 4.60. The summed E-state index contributed by atoms with van der Waals surface area (Å²) in [6, 6.07) is 14.9. The molecule has 0 radical (unpaired) electrons. The molecule has 0 bridgehead atoms. The minimum atomic E-state index is -1.33. The zero-order valence-corrected chi connectivity index (χ0v) is 16.3. The summed E-state index contributed by atoms with van der Waals surface area (Å²) in [6.07, 6.45) is 0.819. The van der Waals surface area contributed by atoms with Gasteiger partial charge in [0.1, 0.15) is 11.5 Å². The number of hydrogen-bond donors (Lipinski definition) is 0. The molecule has 0 spiro atoms. The number of anilines is 1. The molecular weight excluding hydrogens is 362 g/mol. The van der Waals surface area contributed by atoms with E-state index < -0.39 is 10.8 Å². The molecule has 0 N–H and O–H groups in total. The van der Waals surface area contributed by atoms with Crippen molar-refractivity contribution < 1.29 is 18.5 Å². The predicted molar refractivity (Wildman–Crippen MR) is 107 cm³/mol. The van der Waals surface area contributed by atoms with E-state index in [1.54, 1.807) is 29.2 Å². The van der Waals surface area contributed by atoms with Crippen molar-refractivity contribution in [3.8, 4) is 5.75 Å². The molecule has 3 rings (SSSR count). The molecule has 0 aromatic heterocycles. The molecule has 142 valence electrons. The van der Waals surface area contributed by atoms with Gasteiger partial charge in [0.15, 0.2) is 5.78 Å². The van der Waals surface area contributed by atoms with Gasteiger partial charge in [0.2, 0.25) is 5.91 Å². The number of para-hydroxylation sites is 2. The normalized spacial score (nSPS) is 16.7. The quantitative estimate of drug-likeness (QED) is 0.688. The average Bonchev–Trinajstić information content (AvgIpc) is 2.97. The number of Topliss-reactive ketones (excluding diaryl/α,β-unsaturated/α-hetero) is 1. The van der Waals surface area contributed by atoms with Gasteiger partial charge in [-0.2, -0.15) is 0 Å². The number of ketones is 1. The largest absolute Gasteiger partial charge is 0.492 e. The van der Waals surface area contributed by atoms with Gasteiger partial charge in [-0.3, -0.25) is 13.8 Å². The topological polar surface area (TPSA) is 63.7 Å². The first-order valence-corrected chi connectivity index (χ1v) is 10.4. The highest BCUT2D eigenvalue weighted by molar-refractivity contribution is 7.85. The van der Waals surface area contributed by atoms with Crippen LogP contribution in [-0.4, -0.2) is 40.1 Å². The SMILES string of the molecule is CC(=O)c1ccccc1OCC[S@](=O)CC(=O)N1c2ccccc2C[C@H]1C. The monoisotopic (exact) mass is 385 g/mol. The minimum Gasteiger partial charge on any atom is -0.492 e. The van der Waals surface area contributed by atoms with Gasteiger partial charge >= 0.3 is 0 Å². The van der Waals surface area contributed by atoms with Gasteiger partial charge in [0.05, 0.1) is 17.9 Å². The van der Waals surface area contributed by atoms with Crippen LogP contribution in [-0.2, 0) is 22.0 Å². The van der Waals surface area contributed by atoms with E-state index in [9.17, 15) is 13.8 Å². The Kier molecular flexibility index (Phi) is 6.06. The van der Waals surface area contributed by atoms with Crippen LogP contribution >= 0.6 is 0 Å². The van der Waals surface area contributed by atoms with Crippen molar-refractivity contribution in [1.82, 2.24) is 0 Å². The van der Waals surface area contributed by atoms with E-state index in [2.05, 4.69) is 0 Å². The maximum absolute atomic E-state index is 12.7. The molecule has 6 heteroatoms. The molecule has 27 heavy (non-hydrogen) atoms. The number of amides is 1. The van der Waals surface area contributed by atoms with Gasteiger partial charge in [0, 0.05) is 22.5 Å². The number of ether oxygens (including phenoxy) is 1. The molecule has 0 aliphatic carbocycles. The number of carbonyl (C=O) groups is 2. The number of benzene rings is 2. The van der Waals surface area contributed by atoms with E-state index in [0.717, 1.165) is 17.7 Å². The summed E-state index contributed by atoms with van der Waals surface area (Å²) in [5.41, 5.74) is 2.56. The Bertz CT molecular complexity index is 880. The number of rotatable bonds is 7. The highest BCUT2D eigenvalue weighted by Crippen LogP contribution is 2.31. The van der Waals surface area contributed by atoms with Crippen LogP contribution < -0.4 is 9.64 Å². The lowest BCUT2D eigenvalue weighted by molar-refractivity contribution is -0.116. The van der Waals surface area contributed by atoms with Crippen molar-refractivity contribution in [3.63, 3.8) is 0 Å². The van der Waals surface area contributed by atoms with Crippen molar-refractivity contribution in [2.75, 3.05) is 23.0 Å². The Morgan fingerprint density at radius 3 is 2.63 bits per heavy atom. The molecule has 0 saturated carbocycles. The minimum absolute atomic E-state index is 0.0314. The molecule has 2 atom stereocenters. The van der Waals surface area contributed by atoms with E-state index in [0.29, 0.717) is 11.3 Å². The Morgan fingerprint density at radius 1 is 1.15 bits per heavy atom. The first-order valence-electron chi connectivity index (χ1n) is 8.95. The molecule has 1 heterocycles. The average molecular weight is 385 g/mol. The molecule has 0 unspecified atom stereocenters. The fourth-order valence-corrected chi connectivity index (χ4v) is 4.18. The van der Waals surface area contributed by atoms with Gasteiger partial charge in [-0.15, -0.1) is 0 Å². The van der Waals surface area contributed by atoms with Crippen molar-refractivity contribution in [2.45, 2.75) is 26.3 Å². The smallest absolute Gasteiger partial charge is 0.239 e. The summed E-state index contributed by atoms with van der Waals surface area (Å²) in [6.45, 7) is 3.67.